The third-order valence-electron chi connectivity index (χ3n) is 0. The summed E-state index contributed by atoms with van der Waals surface area (Å²) >= 11 is 0. The van der Waals surface area contributed by atoms with Crippen LogP contribution in [0.25, 0.3) is 0 Å². The molecule has 22 heavy (non-hydrogen) atoms. The smallest absolute Gasteiger partial charge is 0.0411 e. The Morgan fingerprint density at radius 1 is 0.273 bits per heavy atom. The summed E-state index contributed by atoms with van der Waals surface area (Å²) in [5.74, 6) is 0. The zero-order chi connectivity index (χ0) is 17.0. The Morgan fingerprint density at radius 2 is 0.273 bits per heavy atom. The summed E-state index contributed by atoms with van der Waals surface area (Å²) in [5.41, 5.74) is 1.00. The van der Waals surface area contributed by atoms with Gasteiger partial charge >= 0.3 is 0 Å². The molecule has 0 saturated carbocycles. The standard InChI is InChI=1S/2C5H12.4C2H6.4CH4/c2*1-5(2,3)4;4*1-2;;;;/h2*1-4H3;4*1-2H3;4*1H4. The third kappa shape index (κ3) is 0. The van der Waals surface area contributed by atoms with Crippen molar-refractivity contribution < 1.29 is 0 Å². The zero-order valence-corrected chi connectivity index (χ0v) is 17.0. The highest BCUT2D eigenvalue weighted by atomic mass is 14.0. The monoisotopic (exact) mass is 329 g/mol. The Kier molecular flexibility index (Phi) is 179. The van der Waals surface area contributed by atoms with Gasteiger partial charge in [0.15, 0.2) is 0 Å². The van der Waals surface area contributed by atoms with Gasteiger partial charge in [0.1, 0.15) is 0 Å². The summed E-state index contributed by atoms with van der Waals surface area (Å²) in [5, 5.41) is 0. The van der Waals surface area contributed by atoms with Crippen LogP contribution in [0.5, 0.6) is 0 Å². The van der Waals surface area contributed by atoms with E-state index in [1.165, 1.54) is 0 Å². The molecule has 0 spiro atoms. The van der Waals surface area contributed by atoms with Crippen LogP contribution in [0, 0.1) is 10.8 Å². The summed E-state index contributed by atoms with van der Waals surface area (Å²) < 4.78 is 0. The molecule has 0 aromatic carbocycles. The topological polar surface area (TPSA) is 0 Å². The van der Waals surface area contributed by atoms with Crippen molar-refractivity contribution in [1.29, 1.82) is 0 Å². The molecule has 0 amide bonds. The van der Waals surface area contributed by atoms with E-state index in [0.717, 1.165) is 0 Å². The van der Waals surface area contributed by atoms with Gasteiger partial charge < -0.3 is 0 Å². The first-order valence-electron chi connectivity index (χ1n) is 8.00. The predicted octanol–water partition coefficient (Wildman–Crippen LogP) is 10.8. The fourth-order valence-electron chi connectivity index (χ4n) is 0. The fourth-order valence-corrected chi connectivity index (χ4v) is 0. The van der Waals surface area contributed by atoms with Crippen molar-refractivity contribution in [2.24, 2.45) is 10.8 Å². The second-order valence-electron chi connectivity index (χ2n) is 6.00. The number of rotatable bonds is 0. The lowest BCUT2D eigenvalue weighted by Crippen LogP contribution is -1.93. The lowest BCUT2D eigenvalue weighted by Gasteiger charge is -2.05. The first kappa shape index (κ1) is 67.4. The first-order valence-corrected chi connectivity index (χ1v) is 8.00. The van der Waals surface area contributed by atoms with Crippen molar-refractivity contribution in [3.05, 3.63) is 0 Å². The minimum absolute atomic E-state index is 0. The average Bonchev–Trinajstić information content (AvgIpc) is 2.24. The minimum atomic E-state index is 0. The molecule has 0 N–H and O–H groups in total. The highest BCUT2D eigenvalue weighted by Gasteiger charge is 1.96. The van der Waals surface area contributed by atoms with Crippen LogP contribution in [0.1, 0.15) is 140 Å². The first-order chi connectivity index (χ1) is 8.00. The highest BCUT2D eigenvalue weighted by molar-refractivity contribution is 4.47. The van der Waals surface area contributed by atoms with Gasteiger partial charge in [-0.2, -0.15) is 0 Å². The van der Waals surface area contributed by atoms with Crippen LogP contribution in [0.3, 0.4) is 0 Å². The molecule has 0 heterocycles. The maximum absolute atomic E-state index is 2.19. The van der Waals surface area contributed by atoms with Crippen molar-refractivity contribution in [2.45, 2.75) is 140 Å². The van der Waals surface area contributed by atoms with Gasteiger partial charge in [-0.3, -0.25) is 0 Å². The molecule has 0 heteroatoms. The SMILES string of the molecule is C.C.C.C.CC.CC.CC.CC.CC(C)(C)C.CC(C)(C)C. The van der Waals surface area contributed by atoms with Crippen LogP contribution in [0.4, 0.5) is 0 Å². The lowest BCUT2D eigenvalue weighted by molar-refractivity contribution is 0.469. The molecule has 0 nitrogen and oxygen atoms in total. The van der Waals surface area contributed by atoms with Gasteiger partial charge in [-0.1, -0.05) is 140 Å². The molecule has 0 rings (SSSR count). The molecule has 152 valence electrons. The molecule has 0 aliphatic heterocycles. The van der Waals surface area contributed by atoms with E-state index in [1.54, 1.807) is 0 Å². The highest BCUT2D eigenvalue weighted by Crippen LogP contribution is 2.08. The van der Waals surface area contributed by atoms with E-state index in [2.05, 4.69) is 55.4 Å². The third-order valence-corrected chi connectivity index (χ3v) is 0. The van der Waals surface area contributed by atoms with Gasteiger partial charge in [0.2, 0.25) is 0 Å². The van der Waals surface area contributed by atoms with Gasteiger partial charge in [0.05, 0.1) is 0 Å². The molecule has 0 radical (unpaired) electrons. The summed E-state index contributed by atoms with van der Waals surface area (Å²) in [6.07, 6.45) is 0. The Morgan fingerprint density at radius 3 is 0.273 bits per heavy atom. The molecule has 0 fully saturated rings. The molecule has 0 unspecified atom stereocenters. The number of hydrogen-bond acceptors (Lipinski definition) is 0. The number of hydrogen-bond donors (Lipinski definition) is 0. The Balaban J connectivity index is -0.0000000101. The molecule has 0 aliphatic carbocycles. The van der Waals surface area contributed by atoms with E-state index in [1.807, 2.05) is 55.4 Å². The van der Waals surface area contributed by atoms with E-state index >= 15 is 0 Å². The molecule has 0 atom stereocenters. The average molecular weight is 329 g/mol. The van der Waals surface area contributed by atoms with Crippen LogP contribution in [-0.4, -0.2) is 0 Å². The second-order valence-corrected chi connectivity index (χ2v) is 6.00. The van der Waals surface area contributed by atoms with E-state index in [9.17, 15) is 0 Å². The Hall–Kier alpha value is 0. The van der Waals surface area contributed by atoms with Gasteiger partial charge in [-0.15, -0.1) is 0 Å². The predicted molar refractivity (Wildman–Crippen MR) is 123 cm³/mol. The second kappa shape index (κ2) is 58.3. The summed E-state index contributed by atoms with van der Waals surface area (Å²) in [4.78, 5) is 0. The molecule has 0 aliphatic rings. The van der Waals surface area contributed by atoms with Crippen LogP contribution >= 0.6 is 0 Å². The molecular weight excluding hydrogens is 264 g/mol. The van der Waals surface area contributed by atoms with Crippen molar-refractivity contribution >= 4 is 0 Å². The van der Waals surface area contributed by atoms with Crippen LogP contribution in [0.15, 0.2) is 0 Å². The quantitative estimate of drug-likeness (QED) is 0.414. The summed E-state index contributed by atoms with van der Waals surface area (Å²) in [6.45, 7) is 33.5. The molecule has 0 saturated heterocycles. The molecule has 0 aromatic heterocycles. The minimum Gasteiger partial charge on any atom is -0.0776 e. The van der Waals surface area contributed by atoms with Crippen LogP contribution < -0.4 is 0 Å². The van der Waals surface area contributed by atoms with E-state index < -0.39 is 0 Å². The van der Waals surface area contributed by atoms with Gasteiger partial charge in [0.25, 0.3) is 0 Å². The Labute approximate surface area is 151 Å². The van der Waals surface area contributed by atoms with Crippen molar-refractivity contribution in [3.8, 4) is 0 Å². The maximum atomic E-state index is 2.19. The lowest BCUT2D eigenvalue weighted by atomic mass is 10.0. The summed E-state index contributed by atoms with van der Waals surface area (Å²) in [6, 6.07) is 0. The van der Waals surface area contributed by atoms with Crippen molar-refractivity contribution in [2.75, 3.05) is 0 Å². The normalized spacial score (nSPS) is 6.55. The van der Waals surface area contributed by atoms with Crippen molar-refractivity contribution in [3.63, 3.8) is 0 Å². The van der Waals surface area contributed by atoms with Crippen molar-refractivity contribution in [1.82, 2.24) is 0 Å². The zero-order valence-electron chi connectivity index (χ0n) is 17.0. The molecule has 0 bridgehead atoms. The van der Waals surface area contributed by atoms with Crippen LogP contribution in [0.2, 0.25) is 0 Å². The molecular formula is C22H64. The van der Waals surface area contributed by atoms with Gasteiger partial charge in [-0.05, 0) is 10.8 Å². The van der Waals surface area contributed by atoms with Crippen LogP contribution in [-0.2, 0) is 0 Å². The van der Waals surface area contributed by atoms with E-state index in [-0.39, 0.29) is 29.7 Å². The molecule has 0 aromatic rings. The Bertz CT molecular complexity index is 43.0. The van der Waals surface area contributed by atoms with E-state index in [0.29, 0.717) is 10.8 Å². The van der Waals surface area contributed by atoms with Gasteiger partial charge in [-0.25, -0.2) is 0 Å². The maximum Gasteiger partial charge on any atom is -0.0411 e. The fraction of sp³-hybridized carbons (Fsp3) is 1.00. The van der Waals surface area contributed by atoms with E-state index in [4.69, 9.17) is 0 Å². The largest absolute Gasteiger partial charge is 0.0776 e. The summed E-state index contributed by atoms with van der Waals surface area (Å²) in [7, 11) is 0. The van der Waals surface area contributed by atoms with Gasteiger partial charge in [0, 0.05) is 0 Å².